The van der Waals surface area contributed by atoms with Crippen LogP contribution in [-0.2, 0) is 12.8 Å². The van der Waals surface area contributed by atoms with Gasteiger partial charge in [-0.1, -0.05) is 0 Å². The number of imidazole rings is 2. The lowest BCUT2D eigenvalue weighted by atomic mass is 9.97. The highest BCUT2D eigenvalue weighted by Gasteiger charge is 2.30. The topological polar surface area (TPSA) is 98.4 Å². The minimum atomic E-state index is -0.811. The zero-order valence-corrected chi connectivity index (χ0v) is 17.0. The minimum absolute atomic E-state index is 0.0193. The van der Waals surface area contributed by atoms with Crippen molar-refractivity contribution >= 4 is 11.8 Å². The molecule has 162 valence electrons. The maximum Gasteiger partial charge on any atom is 0.223 e. The van der Waals surface area contributed by atoms with E-state index in [4.69, 9.17) is 0 Å². The first-order chi connectivity index (χ1) is 15.6. The van der Waals surface area contributed by atoms with Crippen molar-refractivity contribution in [3.05, 3.63) is 71.6 Å². The van der Waals surface area contributed by atoms with Gasteiger partial charge in [-0.05, 0) is 42.2 Å². The normalized spacial score (nSPS) is 16.2. The van der Waals surface area contributed by atoms with Gasteiger partial charge in [0.2, 0.25) is 5.95 Å². The molecule has 10 heteroatoms. The lowest BCUT2D eigenvalue weighted by Gasteiger charge is -2.39. The molecule has 4 heterocycles. The van der Waals surface area contributed by atoms with Crippen LogP contribution in [0.3, 0.4) is 0 Å². The number of H-pyrrole nitrogens is 2. The number of hydrogen-bond acceptors (Lipinski definition) is 6. The molecule has 32 heavy (non-hydrogen) atoms. The number of nitrogens with one attached hydrogen (secondary N) is 3. The molecule has 6 rings (SSSR count). The van der Waals surface area contributed by atoms with E-state index in [1.807, 2.05) is 12.4 Å². The van der Waals surface area contributed by atoms with E-state index >= 15 is 0 Å². The molecule has 1 aliphatic heterocycles. The summed E-state index contributed by atoms with van der Waals surface area (Å²) in [4.78, 5) is 26.2. The Bertz CT molecular complexity index is 1230. The summed E-state index contributed by atoms with van der Waals surface area (Å²) < 4.78 is 27.0. The quantitative estimate of drug-likeness (QED) is 0.447. The standard InChI is InChI=1S/C22H20F2N8/c23-16-5-12-3-15(4-13(12)6-17(16)24)29-22-26-2-1-18(30-22)21-27-8-20(31-21)32-9-14(10-32)19-7-25-11-28-19/h1-2,5-8,11,14-15H,3-4,9-10H2,(H,25,28)(H,27,31)(H,26,29,30). The van der Waals surface area contributed by atoms with E-state index in [2.05, 4.69) is 40.1 Å². The van der Waals surface area contributed by atoms with Crippen LogP contribution in [0, 0.1) is 11.6 Å². The van der Waals surface area contributed by atoms with Gasteiger partial charge < -0.3 is 20.2 Å². The number of benzene rings is 1. The number of halogens is 2. The van der Waals surface area contributed by atoms with Gasteiger partial charge in [-0.25, -0.2) is 28.7 Å². The molecule has 0 amide bonds. The molecule has 0 unspecified atom stereocenters. The van der Waals surface area contributed by atoms with Gasteiger partial charge in [0.25, 0.3) is 0 Å². The minimum Gasteiger partial charge on any atom is -0.355 e. The van der Waals surface area contributed by atoms with Gasteiger partial charge >= 0.3 is 0 Å². The summed E-state index contributed by atoms with van der Waals surface area (Å²) in [5.41, 5.74) is 3.45. The van der Waals surface area contributed by atoms with Gasteiger partial charge in [0.15, 0.2) is 17.5 Å². The monoisotopic (exact) mass is 434 g/mol. The van der Waals surface area contributed by atoms with Crippen molar-refractivity contribution in [2.24, 2.45) is 0 Å². The van der Waals surface area contributed by atoms with Crippen LogP contribution in [0.15, 0.2) is 43.1 Å². The molecule has 8 nitrogen and oxygen atoms in total. The first kappa shape index (κ1) is 18.9. The third-order valence-electron chi connectivity index (χ3n) is 6.15. The summed E-state index contributed by atoms with van der Waals surface area (Å²) in [6.45, 7) is 1.79. The number of anilines is 2. The van der Waals surface area contributed by atoms with Gasteiger partial charge in [0, 0.05) is 43.1 Å². The average Bonchev–Trinajstić information content (AvgIpc) is 3.49. The highest BCUT2D eigenvalue weighted by molar-refractivity contribution is 5.56. The second-order valence-corrected chi connectivity index (χ2v) is 8.28. The van der Waals surface area contributed by atoms with Gasteiger partial charge in [-0.3, -0.25) is 0 Å². The zero-order chi connectivity index (χ0) is 21.7. The van der Waals surface area contributed by atoms with Crippen LogP contribution in [0.25, 0.3) is 11.5 Å². The molecule has 1 fully saturated rings. The van der Waals surface area contributed by atoms with E-state index in [1.165, 1.54) is 12.1 Å². The third-order valence-corrected chi connectivity index (χ3v) is 6.15. The lowest BCUT2D eigenvalue weighted by molar-refractivity contribution is 0.507. The highest BCUT2D eigenvalue weighted by atomic mass is 19.2. The summed E-state index contributed by atoms with van der Waals surface area (Å²) >= 11 is 0. The maximum absolute atomic E-state index is 13.5. The predicted molar refractivity (Wildman–Crippen MR) is 114 cm³/mol. The molecular weight excluding hydrogens is 414 g/mol. The van der Waals surface area contributed by atoms with Crippen molar-refractivity contribution in [1.82, 2.24) is 29.9 Å². The smallest absolute Gasteiger partial charge is 0.223 e. The number of nitrogens with zero attached hydrogens (tertiary/aromatic N) is 5. The largest absolute Gasteiger partial charge is 0.355 e. The van der Waals surface area contributed by atoms with E-state index in [0.717, 1.165) is 35.7 Å². The van der Waals surface area contributed by atoms with E-state index in [9.17, 15) is 8.78 Å². The molecule has 2 aliphatic rings. The number of hydrogen-bond donors (Lipinski definition) is 3. The molecule has 0 bridgehead atoms. The molecule has 1 aromatic carbocycles. The van der Waals surface area contributed by atoms with Crippen LogP contribution in [0.5, 0.6) is 0 Å². The van der Waals surface area contributed by atoms with Gasteiger partial charge in [-0.15, -0.1) is 0 Å². The first-order valence-electron chi connectivity index (χ1n) is 10.5. The van der Waals surface area contributed by atoms with E-state index in [1.54, 1.807) is 18.6 Å². The Morgan fingerprint density at radius 1 is 1.03 bits per heavy atom. The van der Waals surface area contributed by atoms with Gasteiger partial charge in [0.05, 0.1) is 12.5 Å². The summed E-state index contributed by atoms with van der Waals surface area (Å²) in [7, 11) is 0. The van der Waals surface area contributed by atoms with Crippen LogP contribution in [0.1, 0.15) is 22.7 Å². The van der Waals surface area contributed by atoms with E-state index < -0.39 is 11.6 Å². The fraction of sp³-hybridized carbons (Fsp3) is 0.273. The second-order valence-electron chi connectivity index (χ2n) is 8.28. The SMILES string of the molecule is Fc1cc2c(cc1F)CC(Nc1nccc(-c3ncc(N4CC(c5cnc[nH]5)C4)[nH]3)n1)C2. The molecular formula is C22H20F2N8. The molecule has 0 saturated carbocycles. The van der Waals surface area contributed by atoms with E-state index in [-0.39, 0.29) is 6.04 Å². The Labute approximate surface area is 182 Å². The molecule has 3 aromatic heterocycles. The van der Waals surface area contributed by atoms with Crippen molar-refractivity contribution in [2.75, 3.05) is 23.3 Å². The Kier molecular flexibility index (Phi) is 4.37. The average molecular weight is 434 g/mol. The third kappa shape index (κ3) is 3.37. The summed E-state index contributed by atoms with van der Waals surface area (Å²) in [6.07, 6.45) is 8.24. The van der Waals surface area contributed by atoms with Crippen LogP contribution >= 0.6 is 0 Å². The van der Waals surface area contributed by atoms with Crippen LogP contribution in [-0.4, -0.2) is 49.0 Å². The Morgan fingerprint density at radius 2 is 1.81 bits per heavy atom. The van der Waals surface area contributed by atoms with Crippen LogP contribution in [0.4, 0.5) is 20.5 Å². The lowest BCUT2D eigenvalue weighted by Crippen LogP contribution is -2.45. The molecule has 0 atom stereocenters. The summed E-state index contributed by atoms with van der Waals surface area (Å²) in [5.74, 6) is 0.885. The fourth-order valence-electron chi connectivity index (χ4n) is 4.42. The number of aromatic nitrogens is 6. The highest BCUT2D eigenvalue weighted by Crippen LogP contribution is 2.31. The number of fused-ring (bicyclic) bond motifs is 1. The molecule has 1 aliphatic carbocycles. The van der Waals surface area contributed by atoms with Crippen LogP contribution in [0.2, 0.25) is 0 Å². The van der Waals surface area contributed by atoms with Gasteiger partial charge in [0.1, 0.15) is 11.5 Å². The molecule has 0 spiro atoms. The van der Waals surface area contributed by atoms with Crippen molar-refractivity contribution in [2.45, 2.75) is 24.8 Å². The maximum atomic E-state index is 13.5. The molecule has 1 saturated heterocycles. The van der Waals surface area contributed by atoms with E-state index in [0.29, 0.717) is 36.2 Å². The molecule has 3 N–H and O–H groups in total. The van der Waals surface area contributed by atoms with Crippen molar-refractivity contribution in [1.29, 1.82) is 0 Å². The summed E-state index contributed by atoms with van der Waals surface area (Å²) in [6, 6.07) is 4.33. The zero-order valence-electron chi connectivity index (χ0n) is 17.0. The predicted octanol–water partition coefficient (Wildman–Crippen LogP) is 3.05. The second kappa shape index (κ2) is 7.40. The number of aromatic amines is 2. The van der Waals surface area contributed by atoms with Crippen molar-refractivity contribution in [3.8, 4) is 11.5 Å². The van der Waals surface area contributed by atoms with Gasteiger partial charge in [-0.2, -0.15) is 0 Å². The molecule has 4 aromatic rings. The Morgan fingerprint density at radius 3 is 2.53 bits per heavy atom. The van der Waals surface area contributed by atoms with Crippen molar-refractivity contribution < 1.29 is 8.78 Å². The fourth-order valence-corrected chi connectivity index (χ4v) is 4.42. The Hall–Kier alpha value is -3.82. The van der Waals surface area contributed by atoms with Crippen LogP contribution < -0.4 is 10.2 Å². The Balaban J connectivity index is 1.13. The first-order valence-corrected chi connectivity index (χ1v) is 10.5. The summed E-state index contributed by atoms with van der Waals surface area (Å²) in [5, 5.41) is 3.28. The molecule has 0 radical (unpaired) electrons. The number of rotatable bonds is 5. The van der Waals surface area contributed by atoms with Crippen molar-refractivity contribution in [3.63, 3.8) is 0 Å².